The van der Waals surface area contributed by atoms with Crippen LogP contribution in [0.5, 0.6) is 5.75 Å². The van der Waals surface area contributed by atoms with Gasteiger partial charge in [-0.2, -0.15) is 8.42 Å². The molecule has 132 valence electrons. The lowest BCUT2D eigenvalue weighted by Crippen LogP contribution is -2.17. The molecule has 0 saturated heterocycles. The monoisotopic (exact) mass is 377 g/mol. The summed E-state index contributed by atoms with van der Waals surface area (Å²) in [7, 11) is -4.52. The topological polar surface area (TPSA) is 87.5 Å². The molecule has 2 N–H and O–H groups in total. The van der Waals surface area contributed by atoms with Gasteiger partial charge >= 0.3 is 0 Å². The molecule has 7 heteroatoms. The Morgan fingerprint density at radius 1 is 1.08 bits per heavy atom. The van der Waals surface area contributed by atoms with Crippen LogP contribution in [0.25, 0.3) is 10.2 Å². The van der Waals surface area contributed by atoms with Gasteiger partial charge in [0.2, 0.25) is 0 Å². The standard InChI is InChI=1S/C18H19NO4S2/c1-18(2,3)12-8-6-7-11(15(12)20)16(25(21,22)23)17-19-13-9-4-5-10-14(13)24-17/h4-10,16,20H,1-3H3,(H,21,22,23). The molecule has 25 heavy (non-hydrogen) atoms. The van der Waals surface area contributed by atoms with Crippen molar-refractivity contribution < 1.29 is 18.1 Å². The van der Waals surface area contributed by atoms with E-state index in [9.17, 15) is 18.1 Å². The predicted octanol–water partition coefficient (Wildman–Crippen LogP) is 4.28. The van der Waals surface area contributed by atoms with Crippen LogP contribution in [0.4, 0.5) is 0 Å². The van der Waals surface area contributed by atoms with Crippen molar-refractivity contribution in [3.05, 3.63) is 58.6 Å². The number of fused-ring (bicyclic) bond motifs is 1. The van der Waals surface area contributed by atoms with Crippen LogP contribution in [0.15, 0.2) is 42.5 Å². The first kappa shape index (κ1) is 17.8. The lowest BCUT2D eigenvalue weighted by molar-refractivity contribution is 0.435. The average Bonchev–Trinajstić information content (AvgIpc) is 2.89. The number of nitrogens with zero attached hydrogens (tertiary/aromatic N) is 1. The van der Waals surface area contributed by atoms with E-state index >= 15 is 0 Å². The maximum atomic E-state index is 12.1. The maximum Gasteiger partial charge on any atom is 0.278 e. The van der Waals surface area contributed by atoms with E-state index < -0.39 is 15.4 Å². The molecule has 0 aliphatic heterocycles. The van der Waals surface area contributed by atoms with E-state index in [1.807, 2.05) is 39.0 Å². The Hall–Kier alpha value is -1.96. The summed E-state index contributed by atoms with van der Waals surface area (Å²) in [6.45, 7) is 5.77. The van der Waals surface area contributed by atoms with Gasteiger partial charge in [-0.15, -0.1) is 11.3 Å². The van der Waals surface area contributed by atoms with Gasteiger partial charge in [-0.25, -0.2) is 4.98 Å². The molecule has 2 aromatic carbocycles. The minimum atomic E-state index is -4.52. The fourth-order valence-electron chi connectivity index (χ4n) is 2.80. The summed E-state index contributed by atoms with van der Waals surface area (Å²) in [4.78, 5) is 4.36. The molecule has 0 fully saturated rings. The van der Waals surface area contributed by atoms with Crippen LogP contribution >= 0.6 is 11.3 Å². The Kier molecular flexibility index (Phi) is 4.35. The number of hydrogen-bond acceptors (Lipinski definition) is 5. The molecule has 0 aliphatic carbocycles. The number of hydrogen-bond donors (Lipinski definition) is 2. The van der Waals surface area contributed by atoms with Crippen molar-refractivity contribution in [3.8, 4) is 5.75 Å². The van der Waals surface area contributed by atoms with Crippen molar-refractivity contribution in [3.63, 3.8) is 0 Å². The largest absolute Gasteiger partial charge is 0.507 e. The molecule has 0 radical (unpaired) electrons. The Morgan fingerprint density at radius 2 is 1.76 bits per heavy atom. The molecular formula is C18H19NO4S2. The van der Waals surface area contributed by atoms with Gasteiger partial charge in [0.1, 0.15) is 10.8 Å². The van der Waals surface area contributed by atoms with Crippen molar-refractivity contribution in [2.45, 2.75) is 31.4 Å². The van der Waals surface area contributed by atoms with E-state index in [1.165, 1.54) is 17.4 Å². The SMILES string of the molecule is CC(C)(C)c1cccc(C(c2nc3ccccc3s2)S(=O)(=O)O)c1O. The van der Waals surface area contributed by atoms with Crippen LogP contribution in [0.2, 0.25) is 0 Å². The quantitative estimate of drug-likeness (QED) is 0.665. The fourth-order valence-corrected chi connectivity index (χ4v) is 5.10. The first-order valence-corrected chi connectivity index (χ1v) is 10.0. The van der Waals surface area contributed by atoms with E-state index in [1.54, 1.807) is 18.2 Å². The van der Waals surface area contributed by atoms with Gasteiger partial charge in [-0.3, -0.25) is 4.55 Å². The Morgan fingerprint density at radius 3 is 2.36 bits per heavy atom. The van der Waals surface area contributed by atoms with Crippen molar-refractivity contribution in [2.75, 3.05) is 0 Å². The first-order valence-electron chi connectivity index (χ1n) is 7.73. The van der Waals surface area contributed by atoms with E-state index in [-0.39, 0.29) is 21.7 Å². The van der Waals surface area contributed by atoms with Gasteiger partial charge in [-0.1, -0.05) is 51.1 Å². The lowest BCUT2D eigenvalue weighted by atomic mass is 9.85. The van der Waals surface area contributed by atoms with Crippen molar-refractivity contribution in [1.29, 1.82) is 0 Å². The molecule has 0 amide bonds. The minimum absolute atomic E-state index is 0.128. The molecule has 1 unspecified atom stereocenters. The molecule has 3 aromatic rings. The maximum absolute atomic E-state index is 12.1. The number of aromatic hydroxyl groups is 1. The normalized spacial score (nSPS) is 13.9. The van der Waals surface area contributed by atoms with Gasteiger partial charge in [0.05, 0.1) is 10.2 Å². The minimum Gasteiger partial charge on any atom is -0.507 e. The highest BCUT2D eigenvalue weighted by molar-refractivity contribution is 7.86. The number of benzene rings is 2. The van der Waals surface area contributed by atoms with Crippen LogP contribution < -0.4 is 0 Å². The van der Waals surface area contributed by atoms with E-state index in [4.69, 9.17) is 0 Å². The second-order valence-electron chi connectivity index (χ2n) is 6.91. The third-order valence-corrected chi connectivity index (χ3v) is 6.31. The molecule has 1 heterocycles. The number of thiazole rings is 1. The van der Waals surface area contributed by atoms with Crippen LogP contribution in [0.1, 0.15) is 42.2 Å². The number of phenols is 1. The number of phenolic OH excluding ortho intramolecular Hbond substituents is 1. The third-order valence-electron chi connectivity index (χ3n) is 3.99. The van der Waals surface area contributed by atoms with Gasteiger partial charge in [0, 0.05) is 5.56 Å². The zero-order chi connectivity index (χ0) is 18.4. The van der Waals surface area contributed by atoms with Gasteiger partial charge in [0.25, 0.3) is 10.1 Å². The summed E-state index contributed by atoms with van der Waals surface area (Å²) >= 11 is 1.19. The van der Waals surface area contributed by atoms with Crippen molar-refractivity contribution >= 4 is 31.7 Å². The molecule has 0 aliphatic rings. The van der Waals surface area contributed by atoms with E-state index in [2.05, 4.69) is 4.98 Å². The van der Waals surface area contributed by atoms with E-state index in [0.717, 1.165) is 4.70 Å². The molecule has 0 bridgehead atoms. The lowest BCUT2D eigenvalue weighted by Gasteiger charge is -2.23. The highest BCUT2D eigenvalue weighted by Gasteiger charge is 2.34. The number of rotatable bonds is 3. The van der Waals surface area contributed by atoms with Crippen LogP contribution in [0, 0.1) is 0 Å². The Balaban J connectivity index is 2.25. The molecule has 1 atom stereocenters. The van der Waals surface area contributed by atoms with Crippen LogP contribution in [0.3, 0.4) is 0 Å². The summed E-state index contributed by atoms with van der Waals surface area (Å²) in [6, 6.07) is 12.2. The summed E-state index contributed by atoms with van der Waals surface area (Å²) < 4.78 is 34.9. The second-order valence-corrected chi connectivity index (χ2v) is 9.47. The highest BCUT2D eigenvalue weighted by atomic mass is 32.2. The van der Waals surface area contributed by atoms with Crippen molar-refractivity contribution in [1.82, 2.24) is 4.98 Å². The third kappa shape index (κ3) is 3.40. The Labute approximate surface area is 150 Å². The molecular weight excluding hydrogens is 358 g/mol. The summed E-state index contributed by atoms with van der Waals surface area (Å²) in [6.07, 6.45) is 0. The number of para-hydroxylation sites is 2. The van der Waals surface area contributed by atoms with Gasteiger partial charge in [-0.05, 0) is 23.1 Å². The zero-order valence-corrected chi connectivity index (χ0v) is 15.7. The van der Waals surface area contributed by atoms with Crippen LogP contribution in [-0.2, 0) is 15.5 Å². The second kappa shape index (κ2) is 6.09. The summed E-state index contributed by atoms with van der Waals surface area (Å²) in [5.74, 6) is -0.128. The van der Waals surface area contributed by atoms with Crippen LogP contribution in [-0.4, -0.2) is 23.1 Å². The molecule has 1 aromatic heterocycles. The molecule has 5 nitrogen and oxygen atoms in total. The number of aromatic nitrogens is 1. The Bertz CT molecular complexity index is 1000. The highest BCUT2D eigenvalue weighted by Crippen LogP contribution is 2.42. The van der Waals surface area contributed by atoms with Crippen molar-refractivity contribution in [2.24, 2.45) is 0 Å². The fraction of sp³-hybridized carbons (Fsp3) is 0.278. The predicted molar refractivity (Wildman–Crippen MR) is 99.8 cm³/mol. The average molecular weight is 377 g/mol. The van der Waals surface area contributed by atoms with Gasteiger partial charge < -0.3 is 5.11 Å². The molecule has 3 rings (SSSR count). The van der Waals surface area contributed by atoms with E-state index in [0.29, 0.717) is 11.1 Å². The zero-order valence-electron chi connectivity index (χ0n) is 14.1. The molecule has 0 saturated carbocycles. The summed E-state index contributed by atoms with van der Waals surface area (Å²) in [5.41, 5.74) is 1.02. The first-order chi connectivity index (χ1) is 11.6. The molecule has 0 spiro atoms. The summed E-state index contributed by atoms with van der Waals surface area (Å²) in [5, 5.41) is 9.50. The van der Waals surface area contributed by atoms with Gasteiger partial charge in [0.15, 0.2) is 5.25 Å². The smallest absolute Gasteiger partial charge is 0.278 e.